The summed E-state index contributed by atoms with van der Waals surface area (Å²) in [5.74, 6) is 0.215. The Bertz CT molecular complexity index is 469. The van der Waals surface area contributed by atoms with Crippen LogP contribution in [0.1, 0.15) is 10.6 Å². The van der Waals surface area contributed by atoms with Crippen molar-refractivity contribution < 1.29 is 4.79 Å². The van der Waals surface area contributed by atoms with Crippen molar-refractivity contribution in [1.29, 1.82) is 0 Å². The zero-order valence-corrected chi connectivity index (χ0v) is 9.38. The lowest BCUT2D eigenvalue weighted by molar-refractivity contribution is 0.111. The predicted octanol–water partition coefficient (Wildman–Crippen LogP) is 2.78. The van der Waals surface area contributed by atoms with Crippen LogP contribution in [0.5, 0.6) is 0 Å². The predicted molar refractivity (Wildman–Crippen MR) is 58.4 cm³/mol. The monoisotopic (exact) mass is 268 g/mol. The van der Waals surface area contributed by atoms with Gasteiger partial charge in [-0.05, 0) is 28.1 Å². The van der Waals surface area contributed by atoms with E-state index in [2.05, 4.69) is 25.9 Å². The lowest BCUT2D eigenvalue weighted by Gasteiger charge is -1.95. The van der Waals surface area contributed by atoms with Crippen molar-refractivity contribution in [2.24, 2.45) is 0 Å². The highest BCUT2D eigenvalue weighted by molar-refractivity contribution is 9.10. The SMILES string of the molecule is O=Cc1nccc(-c2cc(Br)cs2)n1. The Kier molecular flexibility index (Phi) is 2.69. The maximum Gasteiger partial charge on any atom is 0.193 e. The molecule has 14 heavy (non-hydrogen) atoms. The van der Waals surface area contributed by atoms with Gasteiger partial charge in [0.05, 0.1) is 10.6 Å². The molecule has 0 amide bonds. The summed E-state index contributed by atoms with van der Waals surface area (Å²) in [6, 6.07) is 3.74. The van der Waals surface area contributed by atoms with Gasteiger partial charge in [0.25, 0.3) is 0 Å². The first-order chi connectivity index (χ1) is 6.79. The fourth-order valence-electron chi connectivity index (χ4n) is 1.02. The van der Waals surface area contributed by atoms with Crippen LogP contribution in [0.2, 0.25) is 0 Å². The third-order valence-corrected chi connectivity index (χ3v) is 3.31. The number of nitrogens with zero attached hydrogens (tertiary/aromatic N) is 2. The first-order valence-corrected chi connectivity index (χ1v) is 5.49. The van der Waals surface area contributed by atoms with Crippen LogP contribution in [-0.4, -0.2) is 16.3 Å². The van der Waals surface area contributed by atoms with Crippen LogP contribution >= 0.6 is 27.3 Å². The molecule has 0 N–H and O–H groups in total. The minimum Gasteiger partial charge on any atom is -0.294 e. The largest absolute Gasteiger partial charge is 0.294 e. The van der Waals surface area contributed by atoms with Gasteiger partial charge in [-0.25, -0.2) is 9.97 Å². The second-order valence-corrected chi connectivity index (χ2v) is 4.37. The van der Waals surface area contributed by atoms with Gasteiger partial charge in [0.1, 0.15) is 0 Å². The molecular weight excluding hydrogens is 264 g/mol. The molecule has 2 heterocycles. The summed E-state index contributed by atoms with van der Waals surface area (Å²) >= 11 is 4.93. The number of halogens is 1. The molecule has 0 aromatic carbocycles. The minimum absolute atomic E-state index is 0.215. The van der Waals surface area contributed by atoms with Gasteiger partial charge in [-0.15, -0.1) is 11.3 Å². The second kappa shape index (κ2) is 3.98. The molecule has 0 fully saturated rings. The molecule has 0 aliphatic rings. The molecule has 2 rings (SSSR count). The van der Waals surface area contributed by atoms with Crippen molar-refractivity contribution in [2.45, 2.75) is 0 Å². The van der Waals surface area contributed by atoms with Crippen molar-refractivity contribution in [1.82, 2.24) is 9.97 Å². The molecule has 0 spiro atoms. The Morgan fingerprint density at radius 2 is 2.36 bits per heavy atom. The number of thiophene rings is 1. The third kappa shape index (κ3) is 1.88. The molecule has 0 unspecified atom stereocenters. The highest BCUT2D eigenvalue weighted by atomic mass is 79.9. The second-order valence-electron chi connectivity index (χ2n) is 2.55. The van der Waals surface area contributed by atoms with Crippen LogP contribution in [-0.2, 0) is 0 Å². The number of rotatable bonds is 2. The van der Waals surface area contributed by atoms with E-state index in [1.165, 1.54) is 0 Å². The number of carbonyl (C=O) groups is 1. The van der Waals surface area contributed by atoms with Gasteiger partial charge < -0.3 is 0 Å². The molecule has 2 aromatic rings. The first-order valence-electron chi connectivity index (χ1n) is 3.82. The van der Waals surface area contributed by atoms with E-state index in [9.17, 15) is 4.79 Å². The van der Waals surface area contributed by atoms with Crippen LogP contribution in [0.4, 0.5) is 0 Å². The number of carbonyl (C=O) groups excluding carboxylic acids is 1. The summed E-state index contributed by atoms with van der Waals surface area (Å²) in [5.41, 5.74) is 0.776. The standard InChI is InChI=1S/C9H5BrN2OS/c10-6-3-8(14-5-6)7-1-2-11-9(4-13)12-7/h1-5H. The van der Waals surface area contributed by atoms with E-state index in [1.54, 1.807) is 23.6 Å². The molecule has 3 nitrogen and oxygen atoms in total. The zero-order valence-electron chi connectivity index (χ0n) is 6.98. The van der Waals surface area contributed by atoms with E-state index in [0.717, 1.165) is 15.0 Å². The van der Waals surface area contributed by atoms with Gasteiger partial charge in [0.2, 0.25) is 0 Å². The van der Waals surface area contributed by atoms with E-state index in [0.29, 0.717) is 6.29 Å². The summed E-state index contributed by atoms with van der Waals surface area (Å²) in [6.07, 6.45) is 2.23. The number of hydrogen-bond acceptors (Lipinski definition) is 4. The summed E-state index contributed by atoms with van der Waals surface area (Å²) in [5, 5.41) is 1.97. The summed E-state index contributed by atoms with van der Waals surface area (Å²) in [7, 11) is 0. The van der Waals surface area contributed by atoms with Gasteiger partial charge in [-0.1, -0.05) is 0 Å². The van der Waals surface area contributed by atoms with Crippen LogP contribution in [0.15, 0.2) is 28.2 Å². The first kappa shape index (κ1) is 9.48. The molecule has 2 aromatic heterocycles. The number of aromatic nitrogens is 2. The Hall–Kier alpha value is -1.07. The van der Waals surface area contributed by atoms with Gasteiger partial charge >= 0.3 is 0 Å². The highest BCUT2D eigenvalue weighted by Gasteiger charge is 2.03. The van der Waals surface area contributed by atoms with Crippen molar-refractivity contribution >= 4 is 33.6 Å². The van der Waals surface area contributed by atoms with Crippen LogP contribution in [0, 0.1) is 0 Å². The lowest BCUT2D eigenvalue weighted by Crippen LogP contribution is -1.92. The van der Waals surface area contributed by atoms with Crippen LogP contribution in [0.3, 0.4) is 0 Å². The smallest absolute Gasteiger partial charge is 0.193 e. The summed E-state index contributed by atoms with van der Waals surface area (Å²) in [4.78, 5) is 19.4. The minimum atomic E-state index is 0.215. The molecule has 0 saturated heterocycles. The van der Waals surface area contributed by atoms with E-state index >= 15 is 0 Å². The van der Waals surface area contributed by atoms with Gasteiger partial charge in [-0.2, -0.15) is 0 Å². The quantitative estimate of drug-likeness (QED) is 0.787. The average molecular weight is 269 g/mol. The van der Waals surface area contributed by atoms with Crippen molar-refractivity contribution in [3.05, 3.63) is 34.0 Å². The maximum atomic E-state index is 10.5. The Morgan fingerprint density at radius 1 is 1.50 bits per heavy atom. The van der Waals surface area contributed by atoms with Gasteiger partial charge in [0.15, 0.2) is 12.1 Å². The van der Waals surface area contributed by atoms with E-state index in [1.807, 2.05) is 11.4 Å². The molecule has 0 aliphatic heterocycles. The van der Waals surface area contributed by atoms with Gasteiger partial charge in [-0.3, -0.25) is 4.79 Å². The highest BCUT2D eigenvalue weighted by Crippen LogP contribution is 2.27. The molecule has 5 heteroatoms. The summed E-state index contributed by atoms with van der Waals surface area (Å²) in [6.45, 7) is 0. The van der Waals surface area contributed by atoms with Crippen molar-refractivity contribution in [2.75, 3.05) is 0 Å². The summed E-state index contributed by atoms with van der Waals surface area (Å²) < 4.78 is 1.02. The third-order valence-electron chi connectivity index (χ3n) is 1.60. The molecule has 70 valence electrons. The molecule has 0 atom stereocenters. The Balaban J connectivity index is 2.46. The lowest BCUT2D eigenvalue weighted by atomic mass is 10.3. The number of aldehydes is 1. The van der Waals surface area contributed by atoms with Crippen LogP contribution < -0.4 is 0 Å². The fourth-order valence-corrected chi connectivity index (χ4v) is 2.41. The molecule has 0 radical (unpaired) electrons. The van der Waals surface area contributed by atoms with Crippen molar-refractivity contribution in [3.8, 4) is 10.6 Å². The zero-order chi connectivity index (χ0) is 9.97. The molecule has 0 saturated carbocycles. The molecule has 0 bridgehead atoms. The Labute approximate surface area is 93.0 Å². The van der Waals surface area contributed by atoms with Crippen molar-refractivity contribution in [3.63, 3.8) is 0 Å². The normalized spacial score (nSPS) is 10.1. The molecule has 0 aliphatic carbocycles. The molecular formula is C9H5BrN2OS. The van der Waals surface area contributed by atoms with E-state index < -0.39 is 0 Å². The average Bonchev–Trinajstić information content (AvgIpc) is 2.65. The van der Waals surface area contributed by atoms with Gasteiger partial charge in [0, 0.05) is 16.0 Å². The maximum absolute atomic E-state index is 10.5. The number of hydrogen-bond donors (Lipinski definition) is 0. The fraction of sp³-hybridized carbons (Fsp3) is 0. The van der Waals surface area contributed by atoms with E-state index in [-0.39, 0.29) is 5.82 Å². The van der Waals surface area contributed by atoms with E-state index in [4.69, 9.17) is 0 Å². The topological polar surface area (TPSA) is 42.9 Å². The Morgan fingerprint density at radius 3 is 3.00 bits per heavy atom. The van der Waals surface area contributed by atoms with Crippen LogP contribution in [0.25, 0.3) is 10.6 Å².